The van der Waals surface area contributed by atoms with Crippen molar-refractivity contribution >= 4 is 23.7 Å². The zero-order valence-corrected chi connectivity index (χ0v) is 14.7. The Labute approximate surface area is 146 Å². The number of hydrogen-bond acceptors (Lipinski definition) is 6. The molecule has 3 amide bonds. The van der Waals surface area contributed by atoms with Gasteiger partial charge in [-0.15, -0.1) is 0 Å². The number of carbonyl (C=O) groups excluding carboxylic acids is 3. The second kappa shape index (κ2) is 10.6. The van der Waals surface area contributed by atoms with Crippen LogP contribution in [0.3, 0.4) is 0 Å². The van der Waals surface area contributed by atoms with Gasteiger partial charge in [-0.3, -0.25) is 14.4 Å². The van der Waals surface area contributed by atoms with Gasteiger partial charge in [0.05, 0.1) is 6.10 Å². The molecule has 10 nitrogen and oxygen atoms in total. The molecule has 0 aromatic rings. The van der Waals surface area contributed by atoms with Gasteiger partial charge in [-0.25, -0.2) is 4.79 Å². The Morgan fingerprint density at radius 2 is 1.64 bits per heavy atom. The fourth-order valence-electron chi connectivity index (χ4n) is 1.98. The van der Waals surface area contributed by atoms with E-state index >= 15 is 0 Å². The summed E-state index contributed by atoms with van der Waals surface area (Å²) in [6.07, 6.45) is -0.940. The first-order valence-corrected chi connectivity index (χ1v) is 8.06. The van der Waals surface area contributed by atoms with E-state index in [4.69, 9.17) is 11.5 Å². The van der Waals surface area contributed by atoms with Gasteiger partial charge < -0.3 is 32.3 Å². The number of carbonyl (C=O) groups is 4. The first-order valence-electron chi connectivity index (χ1n) is 8.06. The van der Waals surface area contributed by atoms with Crippen LogP contribution in [-0.4, -0.2) is 58.1 Å². The molecular formula is C15H28N4O6. The molecule has 0 heterocycles. The molecule has 0 aromatic carbocycles. The van der Waals surface area contributed by atoms with E-state index < -0.39 is 47.9 Å². The van der Waals surface area contributed by atoms with Crippen molar-refractivity contribution in [1.82, 2.24) is 10.6 Å². The molecule has 0 aliphatic heterocycles. The average molecular weight is 360 g/mol. The third-order valence-electron chi connectivity index (χ3n) is 3.91. The second-order valence-corrected chi connectivity index (χ2v) is 6.04. The molecule has 0 bridgehead atoms. The molecule has 144 valence electrons. The van der Waals surface area contributed by atoms with Gasteiger partial charge in [-0.2, -0.15) is 0 Å². The molecule has 0 rings (SSSR count). The number of carboxylic acids is 1. The number of amides is 3. The predicted molar refractivity (Wildman–Crippen MR) is 89.0 cm³/mol. The van der Waals surface area contributed by atoms with Crippen molar-refractivity contribution in [1.29, 1.82) is 0 Å². The van der Waals surface area contributed by atoms with Crippen molar-refractivity contribution in [3.63, 3.8) is 0 Å². The highest BCUT2D eigenvalue weighted by Gasteiger charge is 2.31. The second-order valence-electron chi connectivity index (χ2n) is 6.04. The van der Waals surface area contributed by atoms with Gasteiger partial charge >= 0.3 is 5.97 Å². The highest BCUT2D eigenvalue weighted by molar-refractivity contribution is 5.92. The van der Waals surface area contributed by atoms with Crippen molar-refractivity contribution in [2.75, 3.05) is 0 Å². The minimum atomic E-state index is -1.27. The van der Waals surface area contributed by atoms with Gasteiger partial charge in [0.2, 0.25) is 17.7 Å². The van der Waals surface area contributed by atoms with Crippen molar-refractivity contribution in [3.05, 3.63) is 0 Å². The zero-order valence-electron chi connectivity index (χ0n) is 14.7. The summed E-state index contributed by atoms with van der Waals surface area (Å²) in [5, 5.41) is 23.3. The lowest BCUT2D eigenvalue weighted by Crippen LogP contribution is -2.57. The van der Waals surface area contributed by atoms with Crippen LogP contribution in [0.25, 0.3) is 0 Å². The molecule has 0 saturated carbocycles. The van der Waals surface area contributed by atoms with Gasteiger partial charge in [0, 0.05) is 6.42 Å². The Balaban J connectivity index is 5.17. The van der Waals surface area contributed by atoms with Crippen molar-refractivity contribution < 1.29 is 29.4 Å². The Morgan fingerprint density at radius 1 is 1.08 bits per heavy atom. The van der Waals surface area contributed by atoms with E-state index in [0.717, 1.165) is 0 Å². The first-order chi connectivity index (χ1) is 11.5. The van der Waals surface area contributed by atoms with E-state index in [1.165, 1.54) is 6.92 Å². The molecule has 5 unspecified atom stereocenters. The van der Waals surface area contributed by atoms with Gasteiger partial charge in [-0.05, 0) is 19.3 Å². The Morgan fingerprint density at radius 3 is 2.04 bits per heavy atom. The van der Waals surface area contributed by atoms with Crippen LogP contribution in [0.1, 0.15) is 40.0 Å². The Hall–Kier alpha value is -2.20. The van der Waals surface area contributed by atoms with Gasteiger partial charge in [-0.1, -0.05) is 20.3 Å². The summed E-state index contributed by atoms with van der Waals surface area (Å²) in [6.45, 7) is 4.76. The molecule has 0 aliphatic carbocycles. The van der Waals surface area contributed by atoms with E-state index in [-0.39, 0.29) is 18.8 Å². The van der Waals surface area contributed by atoms with E-state index in [1.54, 1.807) is 13.8 Å². The lowest BCUT2D eigenvalue weighted by Gasteiger charge is -2.25. The summed E-state index contributed by atoms with van der Waals surface area (Å²) in [7, 11) is 0. The summed E-state index contributed by atoms with van der Waals surface area (Å²) in [5.74, 6) is -3.78. The summed E-state index contributed by atoms with van der Waals surface area (Å²) >= 11 is 0. The van der Waals surface area contributed by atoms with E-state index in [0.29, 0.717) is 6.42 Å². The molecule has 0 saturated heterocycles. The standard InChI is InChI=1S/C15H28N4O6/c1-4-7(2)12(15(24)25)19-13(22)9(5-6-10(16)21)18-14(23)11(17)8(3)20/h7-9,11-12,20H,4-6,17H2,1-3H3,(H2,16,21)(H,18,23)(H,19,22)(H,24,25). The maximum Gasteiger partial charge on any atom is 0.326 e. The van der Waals surface area contributed by atoms with Crippen LogP contribution in [0, 0.1) is 5.92 Å². The van der Waals surface area contributed by atoms with Crippen LogP contribution in [0.4, 0.5) is 0 Å². The zero-order chi connectivity index (χ0) is 19.7. The number of primary amides is 1. The summed E-state index contributed by atoms with van der Waals surface area (Å²) < 4.78 is 0. The summed E-state index contributed by atoms with van der Waals surface area (Å²) in [5.41, 5.74) is 10.6. The largest absolute Gasteiger partial charge is 0.480 e. The fourth-order valence-corrected chi connectivity index (χ4v) is 1.98. The average Bonchev–Trinajstić information content (AvgIpc) is 2.53. The van der Waals surface area contributed by atoms with E-state index in [2.05, 4.69) is 10.6 Å². The van der Waals surface area contributed by atoms with Gasteiger partial charge in [0.15, 0.2) is 0 Å². The van der Waals surface area contributed by atoms with Gasteiger partial charge in [0.1, 0.15) is 18.1 Å². The highest BCUT2D eigenvalue weighted by atomic mass is 16.4. The molecule has 25 heavy (non-hydrogen) atoms. The number of hydrogen-bond donors (Lipinski definition) is 6. The minimum Gasteiger partial charge on any atom is -0.480 e. The topological polar surface area (TPSA) is 185 Å². The number of nitrogens with one attached hydrogen (secondary N) is 2. The summed E-state index contributed by atoms with van der Waals surface area (Å²) in [4.78, 5) is 46.6. The molecule has 0 spiro atoms. The van der Waals surface area contributed by atoms with Crippen LogP contribution in [0.15, 0.2) is 0 Å². The molecule has 0 aliphatic rings. The lowest BCUT2D eigenvalue weighted by atomic mass is 9.98. The summed E-state index contributed by atoms with van der Waals surface area (Å²) in [6, 6.07) is -3.61. The molecule has 8 N–H and O–H groups in total. The maximum absolute atomic E-state index is 12.4. The van der Waals surface area contributed by atoms with Crippen LogP contribution < -0.4 is 22.1 Å². The molecule has 0 radical (unpaired) electrons. The molecule has 0 aromatic heterocycles. The Kier molecular flexibility index (Phi) is 9.69. The van der Waals surface area contributed by atoms with Crippen LogP contribution in [0.2, 0.25) is 0 Å². The first kappa shape index (κ1) is 22.8. The fraction of sp³-hybridized carbons (Fsp3) is 0.733. The van der Waals surface area contributed by atoms with Crippen molar-refractivity contribution in [2.45, 2.75) is 64.3 Å². The van der Waals surface area contributed by atoms with Crippen LogP contribution >= 0.6 is 0 Å². The van der Waals surface area contributed by atoms with E-state index in [9.17, 15) is 29.4 Å². The normalized spacial score (nSPS) is 16.8. The van der Waals surface area contributed by atoms with E-state index in [1.807, 2.05) is 0 Å². The number of aliphatic hydroxyl groups excluding tert-OH is 1. The highest BCUT2D eigenvalue weighted by Crippen LogP contribution is 2.09. The molecular weight excluding hydrogens is 332 g/mol. The number of nitrogens with two attached hydrogens (primary N) is 2. The number of carboxylic acid groups (broad SMARTS) is 1. The monoisotopic (exact) mass is 360 g/mol. The van der Waals surface area contributed by atoms with Crippen molar-refractivity contribution in [2.24, 2.45) is 17.4 Å². The Bertz CT molecular complexity index is 496. The van der Waals surface area contributed by atoms with Gasteiger partial charge in [0.25, 0.3) is 0 Å². The number of aliphatic carboxylic acids is 1. The third kappa shape index (κ3) is 7.94. The number of rotatable bonds is 11. The SMILES string of the molecule is CCC(C)C(NC(=O)C(CCC(N)=O)NC(=O)C(N)C(C)O)C(=O)O. The predicted octanol–water partition coefficient (Wildman–Crippen LogP) is -1.94. The minimum absolute atomic E-state index is 0.119. The lowest BCUT2D eigenvalue weighted by molar-refractivity contribution is -0.144. The third-order valence-corrected chi connectivity index (χ3v) is 3.91. The molecule has 10 heteroatoms. The molecule has 5 atom stereocenters. The smallest absolute Gasteiger partial charge is 0.326 e. The quantitative estimate of drug-likeness (QED) is 0.247. The molecule has 0 fully saturated rings. The van der Waals surface area contributed by atoms with Crippen LogP contribution in [0.5, 0.6) is 0 Å². The maximum atomic E-state index is 12.4. The van der Waals surface area contributed by atoms with Crippen LogP contribution in [-0.2, 0) is 19.2 Å². The van der Waals surface area contributed by atoms with Crippen molar-refractivity contribution in [3.8, 4) is 0 Å². The number of aliphatic hydroxyl groups is 1.